The number of hydrogen-bond acceptors (Lipinski definition) is 5. The second-order valence-corrected chi connectivity index (χ2v) is 8.51. The van der Waals surface area contributed by atoms with Gasteiger partial charge >= 0.3 is 0 Å². The number of carbonyl (C=O) groups excluding carboxylic acids is 2. The topological polar surface area (TPSA) is 80.8 Å². The van der Waals surface area contributed by atoms with E-state index in [0.29, 0.717) is 54.6 Å². The van der Waals surface area contributed by atoms with Crippen molar-refractivity contribution in [2.24, 2.45) is 5.92 Å². The molecule has 3 aromatic rings. The average molecular weight is 480 g/mol. The van der Waals surface area contributed by atoms with Crippen LogP contribution >= 0.6 is 11.6 Å². The maximum atomic E-state index is 13.1. The van der Waals surface area contributed by atoms with Crippen LogP contribution in [-0.2, 0) is 11.4 Å². The van der Waals surface area contributed by atoms with Crippen molar-refractivity contribution in [1.29, 1.82) is 0 Å². The number of likely N-dealkylation sites (tertiary alicyclic amines) is 1. The zero-order valence-corrected chi connectivity index (χ0v) is 19.6. The number of hydrogen-bond donors (Lipinski definition) is 1. The van der Waals surface area contributed by atoms with E-state index in [1.807, 2.05) is 24.3 Å². The molecule has 1 saturated heterocycles. The lowest BCUT2D eigenvalue weighted by atomic mass is 9.95. The number of nitrogens with zero attached hydrogens (tertiary/aromatic N) is 2. The summed E-state index contributed by atoms with van der Waals surface area (Å²) in [5.41, 5.74) is 2.22. The van der Waals surface area contributed by atoms with Crippen molar-refractivity contribution in [3.05, 3.63) is 83.1 Å². The van der Waals surface area contributed by atoms with Crippen LogP contribution in [0.1, 0.15) is 28.8 Å². The molecule has 0 spiro atoms. The van der Waals surface area contributed by atoms with Crippen molar-refractivity contribution >= 4 is 29.1 Å². The van der Waals surface area contributed by atoms with Crippen LogP contribution in [-0.4, -0.2) is 41.9 Å². The van der Waals surface area contributed by atoms with Gasteiger partial charge in [-0.2, -0.15) is 0 Å². The number of rotatable bonds is 7. The molecule has 176 valence electrons. The Hall–Kier alpha value is -3.58. The summed E-state index contributed by atoms with van der Waals surface area (Å²) in [7, 11) is 1.55. The molecule has 8 heteroatoms. The molecule has 34 heavy (non-hydrogen) atoms. The van der Waals surface area contributed by atoms with Crippen molar-refractivity contribution in [2.45, 2.75) is 19.4 Å². The summed E-state index contributed by atoms with van der Waals surface area (Å²) in [6.07, 6.45) is 4.50. The van der Waals surface area contributed by atoms with Gasteiger partial charge in [0.05, 0.1) is 7.11 Å². The van der Waals surface area contributed by atoms with Gasteiger partial charge in [-0.1, -0.05) is 23.7 Å². The van der Waals surface area contributed by atoms with Gasteiger partial charge in [0, 0.05) is 47.7 Å². The Bertz CT molecular complexity index is 1130. The predicted molar refractivity (Wildman–Crippen MR) is 130 cm³/mol. The van der Waals surface area contributed by atoms with Gasteiger partial charge in [0.25, 0.3) is 5.91 Å². The van der Waals surface area contributed by atoms with E-state index in [4.69, 9.17) is 21.1 Å². The Morgan fingerprint density at radius 1 is 1.03 bits per heavy atom. The number of halogens is 1. The molecule has 0 bridgehead atoms. The smallest absolute Gasteiger partial charge is 0.253 e. The van der Waals surface area contributed by atoms with Crippen LogP contribution in [0.5, 0.6) is 11.5 Å². The highest BCUT2D eigenvalue weighted by Crippen LogP contribution is 2.30. The largest absolute Gasteiger partial charge is 0.493 e. The van der Waals surface area contributed by atoms with E-state index in [0.717, 1.165) is 11.3 Å². The van der Waals surface area contributed by atoms with Crippen LogP contribution in [0.3, 0.4) is 0 Å². The van der Waals surface area contributed by atoms with E-state index in [9.17, 15) is 9.59 Å². The van der Waals surface area contributed by atoms with Gasteiger partial charge in [0.2, 0.25) is 5.91 Å². The maximum absolute atomic E-state index is 13.1. The highest BCUT2D eigenvalue weighted by molar-refractivity contribution is 6.30. The summed E-state index contributed by atoms with van der Waals surface area (Å²) < 4.78 is 11.3. The molecule has 0 atom stereocenters. The molecule has 1 fully saturated rings. The van der Waals surface area contributed by atoms with Crippen LogP contribution in [0.25, 0.3) is 0 Å². The highest BCUT2D eigenvalue weighted by Gasteiger charge is 2.28. The molecule has 1 N–H and O–H groups in total. The Morgan fingerprint density at radius 2 is 1.74 bits per heavy atom. The molecule has 0 unspecified atom stereocenters. The highest BCUT2D eigenvalue weighted by atomic mass is 35.5. The first-order valence-electron chi connectivity index (χ1n) is 11.1. The summed E-state index contributed by atoms with van der Waals surface area (Å²) in [4.78, 5) is 31.3. The summed E-state index contributed by atoms with van der Waals surface area (Å²) in [5.74, 6) is 0.806. The Balaban J connectivity index is 1.33. The van der Waals surface area contributed by atoms with Gasteiger partial charge < -0.3 is 19.7 Å². The zero-order chi connectivity index (χ0) is 23.9. The van der Waals surface area contributed by atoms with Crippen molar-refractivity contribution in [2.75, 3.05) is 25.5 Å². The summed E-state index contributed by atoms with van der Waals surface area (Å²) >= 11 is 5.93. The number of aromatic nitrogens is 1. The van der Waals surface area contributed by atoms with Crippen molar-refractivity contribution in [3.63, 3.8) is 0 Å². The molecule has 2 aromatic carbocycles. The molecule has 0 radical (unpaired) electrons. The third-order valence-corrected chi connectivity index (χ3v) is 6.07. The fourth-order valence-electron chi connectivity index (χ4n) is 3.87. The average Bonchev–Trinajstić information content (AvgIpc) is 2.88. The van der Waals surface area contributed by atoms with E-state index >= 15 is 0 Å². The van der Waals surface area contributed by atoms with Crippen molar-refractivity contribution < 1.29 is 19.1 Å². The minimum absolute atomic E-state index is 0.0258. The second-order valence-electron chi connectivity index (χ2n) is 8.07. The van der Waals surface area contributed by atoms with Gasteiger partial charge in [0.15, 0.2) is 11.5 Å². The molecule has 1 aliphatic heterocycles. The maximum Gasteiger partial charge on any atom is 0.253 e. The van der Waals surface area contributed by atoms with Crippen molar-refractivity contribution in [3.8, 4) is 11.5 Å². The van der Waals surface area contributed by atoms with E-state index in [1.54, 1.807) is 54.7 Å². The standard InChI is InChI=1S/C26H26ClN3O4/c1-33-24-16-20(4-7-23(24)34-17-18-2-5-21(27)6-3-18)26(32)30-14-10-19(11-15-30)25(31)29-22-8-12-28-13-9-22/h2-9,12-13,16,19H,10-11,14-15,17H2,1H3,(H,28,29,31). The van der Waals surface area contributed by atoms with Crippen LogP contribution < -0.4 is 14.8 Å². The molecular formula is C26H26ClN3O4. The number of amides is 2. The Morgan fingerprint density at radius 3 is 2.41 bits per heavy atom. The molecule has 7 nitrogen and oxygen atoms in total. The van der Waals surface area contributed by atoms with Crippen LogP contribution in [0.4, 0.5) is 5.69 Å². The minimum Gasteiger partial charge on any atom is -0.493 e. The molecule has 0 aliphatic carbocycles. The Kier molecular flexibility index (Phi) is 7.65. The molecular weight excluding hydrogens is 454 g/mol. The fraction of sp³-hybridized carbons (Fsp3) is 0.269. The van der Waals surface area contributed by atoms with Gasteiger partial charge in [-0.3, -0.25) is 14.6 Å². The van der Waals surface area contributed by atoms with Gasteiger partial charge in [-0.25, -0.2) is 0 Å². The lowest BCUT2D eigenvalue weighted by molar-refractivity contribution is -0.121. The fourth-order valence-corrected chi connectivity index (χ4v) is 3.99. The van der Waals surface area contributed by atoms with E-state index in [-0.39, 0.29) is 17.7 Å². The quantitative estimate of drug-likeness (QED) is 0.525. The zero-order valence-electron chi connectivity index (χ0n) is 18.9. The minimum atomic E-state index is -0.129. The van der Waals surface area contributed by atoms with Crippen molar-refractivity contribution in [1.82, 2.24) is 9.88 Å². The number of piperidine rings is 1. The van der Waals surface area contributed by atoms with E-state index in [2.05, 4.69) is 10.3 Å². The number of methoxy groups -OCH3 is 1. The Labute approximate surface area is 203 Å². The summed E-state index contributed by atoms with van der Waals surface area (Å²) in [6.45, 7) is 1.39. The first kappa shape index (κ1) is 23.6. The van der Waals surface area contributed by atoms with Gasteiger partial charge in [-0.05, 0) is 60.9 Å². The normalized spacial score (nSPS) is 13.9. The van der Waals surface area contributed by atoms with E-state index < -0.39 is 0 Å². The monoisotopic (exact) mass is 479 g/mol. The number of ether oxygens (including phenoxy) is 2. The van der Waals surface area contributed by atoms with Crippen LogP contribution in [0, 0.1) is 5.92 Å². The number of pyridine rings is 1. The summed E-state index contributed by atoms with van der Waals surface area (Å²) in [6, 6.07) is 16.1. The SMILES string of the molecule is COc1cc(C(=O)N2CCC(C(=O)Nc3ccncc3)CC2)ccc1OCc1ccc(Cl)cc1. The first-order valence-corrected chi connectivity index (χ1v) is 11.5. The number of nitrogens with one attached hydrogen (secondary N) is 1. The molecule has 1 aliphatic rings. The van der Waals surface area contributed by atoms with Crippen LogP contribution in [0.2, 0.25) is 5.02 Å². The predicted octanol–water partition coefficient (Wildman–Crippen LogP) is 4.81. The second kappa shape index (κ2) is 11.0. The molecule has 0 saturated carbocycles. The first-order chi connectivity index (χ1) is 16.5. The third kappa shape index (κ3) is 5.85. The lowest BCUT2D eigenvalue weighted by Crippen LogP contribution is -2.41. The molecule has 2 amide bonds. The number of carbonyl (C=O) groups is 2. The molecule has 4 rings (SSSR count). The molecule has 1 aromatic heterocycles. The van der Waals surface area contributed by atoms with Gasteiger partial charge in [0.1, 0.15) is 6.61 Å². The van der Waals surface area contributed by atoms with E-state index in [1.165, 1.54) is 0 Å². The lowest BCUT2D eigenvalue weighted by Gasteiger charge is -2.31. The van der Waals surface area contributed by atoms with Gasteiger partial charge in [-0.15, -0.1) is 0 Å². The number of anilines is 1. The third-order valence-electron chi connectivity index (χ3n) is 5.82. The number of benzene rings is 2. The summed E-state index contributed by atoms with van der Waals surface area (Å²) in [5, 5.41) is 3.58. The van der Waals surface area contributed by atoms with Crippen LogP contribution in [0.15, 0.2) is 67.0 Å². The molecule has 2 heterocycles.